The van der Waals surface area contributed by atoms with E-state index in [9.17, 15) is 4.79 Å². The Morgan fingerprint density at radius 2 is 2.00 bits per heavy atom. The van der Waals surface area contributed by atoms with Crippen molar-refractivity contribution in [3.8, 4) is 5.75 Å². The highest BCUT2D eigenvalue weighted by Gasteiger charge is 1.99. The average molecular weight is 288 g/mol. The third-order valence-electron chi connectivity index (χ3n) is 2.61. The first-order valence-electron chi connectivity index (χ1n) is 6.06. The molecule has 0 aliphatic heterocycles. The van der Waals surface area contributed by atoms with Gasteiger partial charge in [-0.1, -0.05) is 29.8 Å². The van der Waals surface area contributed by atoms with Gasteiger partial charge in [0.2, 0.25) is 5.91 Å². The van der Waals surface area contributed by atoms with Gasteiger partial charge in [-0.2, -0.15) is 0 Å². The number of carbonyl (C=O) groups excluding carboxylic acids is 1. The zero-order valence-corrected chi connectivity index (χ0v) is 11.7. The van der Waals surface area contributed by atoms with Gasteiger partial charge in [0.25, 0.3) is 0 Å². The molecule has 0 atom stereocenters. The highest BCUT2D eigenvalue weighted by atomic mass is 35.5. The Bertz CT molecular complexity index is 638. The largest absolute Gasteiger partial charge is 0.497 e. The van der Waals surface area contributed by atoms with Crippen LogP contribution in [0.4, 0.5) is 5.69 Å². The lowest BCUT2D eigenvalue weighted by molar-refractivity contribution is -0.111. The van der Waals surface area contributed by atoms with Crippen LogP contribution in [0.25, 0.3) is 6.08 Å². The smallest absolute Gasteiger partial charge is 0.248 e. The predicted molar refractivity (Wildman–Crippen MR) is 82.1 cm³/mol. The summed E-state index contributed by atoms with van der Waals surface area (Å²) in [4.78, 5) is 11.8. The third kappa shape index (κ3) is 4.14. The van der Waals surface area contributed by atoms with E-state index in [0.717, 1.165) is 5.56 Å². The zero-order valence-electron chi connectivity index (χ0n) is 11.0. The number of nitrogens with one attached hydrogen (secondary N) is 1. The van der Waals surface area contributed by atoms with Crippen LogP contribution in [-0.4, -0.2) is 13.0 Å². The molecule has 1 N–H and O–H groups in total. The predicted octanol–water partition coefficient (Wildman–Crippen LogP) is 4.00. The fraction of sp³-hybridized carbons (Fsp3) is 0.0625. The third-order valence-corrected chi connectivity index (χ3v) is 2.85. The van der Waals surface area contributed by atoms with Crippen molar-refractivity contribution in [2.75, 3.05) is 12.4 Å². The average Bonchev–Trinajstić information content (AvgIpc) is 2.45. The Morgan fingerprint density at radius 1 is 1.20 bits per heavy atom. The molecule has 102 valence electrons. The van der Waals surface area contributed by atoms with Crippen molar-refractivity contribution < 1.29 is 9.53 Å². The van der Waals surface area contributed by atoms with E-state index in [2.05, 4.69) is 5.32 Å². The second-order valence-corrected chi connectivity index (χ2v) is 4.55. The number of anilines is 1. The van der Waals surface area contributed by atoms with E-state index in [1.54, 1.807) is 37.5 Å². The Kier molecular flexibility index (Phi) is 4.80. The van der Waals surface area contributed by atoms with Crippen LogP contribution in [0.15, 0.2) is 54.6 Å². The topological polar surface area (TPSA) is 38.3 Å². The molecule has 2 rings (SSSR count). The molecule has 0 radical (unpaired) electrons. The molecular weight excluding hydrogens is 274 g/mol. The van der Waals surface area contributed by atoms with E-state index in [1.165, 1.54) is 6.08 Å². The van der Waals surface area contributed by atoms with Crippen LogP contribution in [-0.2, 0) is 4.79 Å². The summed E-state index contributed by atoms with van der Waals surface area (Å²) in [6.45, 7) is 0. The van der Waals surface area contributed by atoms with Crippen molar-refractivity contribution in [3.05, 3.63) is 65.2 Å². The molecule has 0 aliphatic carbocycles. The molecule has 2 aromatic carbocycles. The fourth-order valence-corrected chi connectivity index (χ4v) is 1.87. The minimum Gasteiger partial charge on any atom is -0.497 e. The minimum absolute atomic E-state index is 0.210. The van der Waals surface area contributed by atoms with Gasteiger partial charge in [-0.15, -0.1) is 0 Å². The molecule has 0 saturated carbocycles. The Morgan fingerprint density at radius 3 is 2.75 bits per heavy atom. The molecule has 3 nitrogen and oxygen atoms in total. The summed E-state index contributed by atoms with van der Waals surface area (Å²) in [7, 11) is 1.58. The summed E-state index contributed by atoms with van der Waals surface area (Å²) < 4.78 is 5.09. The van der Waals surface area contributed by atoms with Gasteiger partial charge in [0.05, 0.1) is 7.11 Å². The van der Waals surface area contributed by atoms with Gasteiger partial charge in [0.15, 0.2) is 0 Å². The quantitative estimate of drug-likeness (QED) is 0.863. The monoisotopic (exact) mass is 287 g/mol. The van der Waals surface area contributed by atoms with Gasteiger partial charge in [0.1, 0.15) is 5.75 Å². The van der Waals surface area contributed by atoms with Crippen LogP contribution in [0.3, 0.4) is 0 Å². The number of methoxy groups -OCH3 is 1. The lowest BCUT2D eigenvalue weighted by Crippen LogP contribution is -2.07. The fourth-order valence-electron chi connectivity index (χ4n) is 1.67. The number of halogens is 1. The summed E-state index contributed by atoms with van der Waals surface area (Å²) in [6.07, 6.45) is 3.17. The van der Waals surface area contributed by atoms with E-state index in [0.29, 0.717) is 16.5 Å². The van der Waals surface area contributed by atoms with Crippen LogP contribution >= 0.6 is 11.6 Å². The maximum atomic E-state index is 11.8. The van der Waals surface area contributed by atoms with Gasteiger partial charge in [-0.3, -0.25) is 4.79 Å². The molecule has 0 unspecified atom stereocenters. The van der Waals surface area contributed by atoms with E-state index in [1.807, 2.05) is 24.3 Å². The molecule has 0 bridgehead atoms. The van der Waals surface area contributed by atoms with E-state index in [-0.39, 0.29) is 5.91 Å². The molecule has 0 spiro atoms. The maximum Gasteiger partial charge on any atom is 0.248 e. The van der Waals surface area contributed by atoms with Gasteiger partial charge >= 0.3 is 0 Å². The summed E-state index contributed by atoms with van der Waals surface area (Å²) >= 11 is 5.87. The van der Waals surface area contributed by atoms with Crippen LogP contribution in [0.2, 0.25) is 5.02 Å². The number of amides is 1. The van der Waals surface area contributed by atoms with Gasteiger partial charge in [-0.25, -0.2) is 0 Å². The van der Waals surface area contributed by atoms with Crippen LogP contribution in [0.1, 0.15) is 5.56 Å². The lowest BCUT2D eigenvalue weighted by atomic mass is 10.2. The number of hydrogen-bond donors (Lipinski definition) is 1. The van der Waals surface area contributed by atoms with Gasteiger partial charge in [0, 0.05) is 22.9 Å². The summed E-state index contributed by atoms with van der Waals surface area (Å²) in [5.74, 6) is 0.486. The van der Waals surface area contributed by atoms with Crippen LogP contribution in [0, 0.1) is 0 Å². The number of ether oxygens (including phenoxy) is 1. The number of hydrogen-bond acceptors (Lipinski definition) is 2. The van der Waals surface area contributed by atoms with Crippen molar-refractivity contribution in [2.24, 2.45) is 0 Å². The second-order valence-electron chi connectivity index (χ2n) is 4.11. The molecule has 0 aromatic heterocycles. The molecule has 1 amide bonds. The first kappa shape index (κ1) is 14.2. The summed E-state index contributed by atoms with van der Waals surface area (Å²) in [6, 6.07) is 14.5. The standard InChI is InChI=1S/C16H14ClNO2/c1-20-15-7-3-6-14(11-15)18-16(19)9-8-12-4-2-5-13(17)10-12/h2-11H,1H3,(H,18,19). The van der Waals surface area contributed by atoms with Crippen molar-refractivity contribution in [3.63, 3.8) is 0 Å². The van der Waals surface area contributed by atoms with Gasteiger partial charge < -0.3 is 10.1 Å². The van der Waals surface area contributed by atoms with E-state index >= 15 is 0 Å². The Balaban J connectivity index is 2.01. The first-order chi connectivity index (χ1) is 9.67. The molecule has 2 aromatic rings. The zero-order chi connectivity index (χ0) is 14.4. The van der Waals surface area contributed by atoms with Gasteiger partial charge in [-0.05, 0) is 35.9 Å². The lowest BCUT2D eigenvalue weighted by Gasteiger charge is -2.04. The maximum absolute atomic E-state index is 11.8. The SMILES string of the molecule is COc1cccc(NC(=O)C=Cc2cccc(Cl)c2)c1. The summed E-state index contributed by atoms with van der Waals surface area (Å²) in [5.41, 5.74) is 1.56. The first-order valence-corrected chi connectivity index (χ1v) is 6.44. The molecule has 0 heterocycles. The molecule has 4 heteroatoms. The summed E-state index contributed by atoms with van der Waals surface area (Å²) in [5, 5.41) is 3.40. The molecule has 20 heavy (non-hydrogen) atoms. The molecule has 0 saturated heterocycles. The van der Waals surface area contributed by atoms with Crippen molar-refractivity contribution in [1.29, 1.82) is 0 Å². The van der Waals surface area contributed by atoms with Crippen molar-refractivity contribution in [2.45, 2.75) is 0 Å². The van der Waals surface area contributed by atoms with E-state index in [4.69, 9.17) is 16.3 Å². The second kappa shape index (κ2) is 6.78. The van der Waals surface area contributed by atoms with E-state index < -0.39 is 0 Å². The van der Waals surface area contributed by atoms with Crippen molar-refractivity contribution in [1.82, 2.24) is 0 Å². The molecule has 0 fully saturated rings. The molecule has 0 aliphatic rings. The number of rotatable bonds is 4. The Labute approximate surface area is 122 Å². The highest BCUT2D eigenvalue weighted by molar-refractivity contribution is 6.30. The van der Waals surface area contributed by atoms with Crippen LogP contribution < -0.4 is 10.1 Å². The highest BCUT2D eigenvalue weighted by Crippen LogP contribution is 2.17. The van der Waals surface area contributed by atoms with Crippen LogP contribution in [0.5, 0.6) is 5.75 Å². The number of benzene rings is 2. The normalized spacial score (nSPS) is 10.5. The minimum atomic E-state index is -0.210. The number of carbonyl (C=O) groups is 1. The molecular formula is C16H14ClNO2. The van der Waals surface area contributed by atoms with Crippen molar-refractivity contribution >= 4 is 29.3 Å². The Hall–Kier alpha value is -2.26.